The summed E-state index contributed by atoms with van der Waals surface area (Å²) in [5, 5.41) is 3.49. The summed E-state index contributed by atoms with van der Waals surface area (Å²) in [4.78, 5) is 5.65. The Bertz CT molecular complexity index is 847. The van der Waals surface area contributed by atoms with Crippen LogP contribution in [0.1, 0.15) is 50.2 Å². The van der Waals surface area contributed by atoms with Crippen LogP contribution in [0.4, 0.5) is 13.2 Å². The molecule has 1 atom stereocenters. The smallest absolute Gasteiger partial charge is 0.392 e. The molecular formula is C21H25F3N2O2S. The Kier molecular flexibility index (Phi) is 5.14. The molecule has 2 spiro atoms. The van der Waals surface area contributed by atoms with E-state index in [0.717, 1.165) is 48.9 Å². The standard InChI is InChI=1S/C21H25F3N2O2S/c1-13-18(29)26-21(25-13)17-11-16(28-10-9-20(22,23)24)4-3-14(17)12-19(21)7-5-15(27-2)6-8-19/h3-4,11,15H,5-10,12H2,1-2H3,(H,26,29). The second-order valence-electron chi connectivity index (χ2n) is 8.29. The molecule has 0 saturated heterocycles. The number of halogens is 3. The molecule has 1 unspecified atom stereocenters. The van der Waals surface area contributed by atoms with Crippen LogP contribution in [-0.4, -0.2) is 36.7 Å². The predicted octanol–water partition coefficient (Wildman–Crippen LogP) is 4.69. The summed E-state index contributed by atoms with van der Waals surface area (Å²) in [7, 11) is 1.75. The molecular weight excluding hydrogens is 401 g/mol. The number of methoxy groups -OCH3 is 1. The number of nitrogens with one attached hydrogen (secondary N) is 1. The molecule has 1 aromatic rings. The monoisotopic (exact) mass is 426 g/mol. The molecule has 1 heterocycles. The summed E-state index contributed by atoms with van der Waals surface area (Å²) in [6.07, 6.45) is -0.323. The largest absolute Gasteiger partial charge is 0.493 e. The van der Waals surface area contributed by atoms with Crippen LogP contribution in [-0.2, 0) is 16.8 Å². The molecule has 0 aromatic heterocycles. The Labute approximate surface area is 173 Å². The van der Waals surface area contributed by atoms with Gasteiger partial charge >= 0.3 is 6.18 Å². The van der Waals surface area contributed by atoms with Crippen LogP contribution in [0.3, 0.4) is 0 Å². The van der Waals surface area contributed by atoms with Crippen molar-refractivity contribution in [2.75, 3.05) is 13.7 Å². The first-order valence-electron chi connectivity index (χ1n) is 9.93. The molecule has 8 heteroatoms. The lowest BCUT2D eigenvalue weighted by Crippen LogP contribution is -2.52. The Hall–Kier alpha value is -1.67. The minimum absolute atomic E-state index is 0.128. The van der Waals surface area contributed by atoms with Gasteiger partial charge in [-0.3, -0.25) is 4.99 Å². The summed E-state index contributed by atoms with van der Waals surface area (Å²) >= 11 is 5.50. The van der Waals surface area contributed by atoms with Crippen molar-refractivity contribution in [2.45, 2.75) is 63.4 Å². The maximum absolute atomic E-state index is 12.5. The van der Waals surface area contributed by atoms with Gasteiger partial charge in [-0.1, -0.05) is 18.3 Å². The molecule has 0 bridgehead atoms. The van der Waals surface area contributed by atoms with Crippen LogP contribution >= 0.6 is 12.2 Å². The van der Waals surface area contributed by atoms with E-state index in [4.69, 9.17) is 26.7 Å². The SMILES string of the molecule is COC1CCC2(CC1)Cc1ccc(OCCC(F)(F)F)cc1C21N=C(C)C(=S)N1. The van der Waals surface area contributed by atoms with E-state index in [1.165, 1.54) is 0 Å². The Morgan fingerprint density at radius 3 is 2.59 bits per heavy atom. The van der Waals surface area contributed by atoms with Crippen LogP contribution < -0.4 is 10.1 Å². The van der Waals surface area contributed by atoms with Gasteiger partial charge in [-0.15, -0.1) is 0 Å². The van der Waals surface area contributed by atoms with Crippen molar-refractivity contribution in [3.05, 3.63) is 29.3 Å². The van der Waals surface area contributed by atoms with Crippen molar-refractivity contribution in [1.29, 1.82) is 0 Å². The third kappa shape index (κ3) is 3.54. The predicted molar refractivity (Wildman–Crippen MR) is 109 cm³/mol. The molecule has 0 radical (unpaired) electrons. The first-order valence-corrected chi connectivity index (χ1v) is 10.3. The molecule has 1 saturated carbocycles. The quantitative estimate of drug-likeness (QED) is 0.709. The van der Waals surface area contributed by atoms with Gasteiger partial charge in [0.05, 0.1) is 24.8 Å². The van der Waals surface area contributed by atoms with Gasteiger partial charge in [0.25, 0.3) is 0 Å². The molecule has 4 nitrogen and oxygen atoms in total. The van der Waals surface area contributed by atoms with Crippen LogP contribution in [0.25, 0.3) is 0 Å². The van der Waals surface area contributed by atoms with E-state index in [2.05, 4.69) is 5.32 Å². The molecule has 1 aliphatic heterocycles. The molecule has 2 aliphatic carbocycles. The first-order chi connectivity index (χ1) is 13.7. The molecule has 158 valence electrons. The molecule has 1 N–H and O–H groups in total. The van der Waals surface area contributed by atoms with Gasteiger partial charge in [0.15, 0.2) is 5.66 Å². The molecule has 0 amide bonds. The van der Waals surface area contributed by atoms with Crippen LogP contribution in [0, 0.1) is 5.41 Å². The summed E-state index contributed by atoms with van der Waals surface area (Å²) in [6, 6.07) is 5.57. The van der Waals surface area contributed by atoms with Gasteiger partial charge in [-0.2, -0.15) is 13.2 Å². The van der Waals surface area contributed by atoms with Crippen molar-refractivity contribution >= 4 is 22.9 Å². The van der Waals surface area contributed by atoms with E-state index in [0.29, 0.717) is 10.7 Å². The Morgan fingerprint density at radius 2 is 2.00 bits per heavy atom. The minimum atomic E-state index is -4.23. The zero-order chi connectivity index (χ0) is 20.9. The molecule has 3 aliphatic rings. The fourth-order valence-electron chi connectivity index (χ4n) is 5.08. The van der Waals surface area contributed by atoms with E-state index in [1.807, 2.05) is 19.1 Å². The van der Waals surface area contributed by atoms with Crippen LogP contribution in [0.2, 0.25) is 0 Å². The zero-order valence-electron chi connectivity index (χ0n) is 16.6. The van der Waals surface area contributed by atoms with Crippen LogP contribution in [0.5, 0.6) is 5.75 Å². The first kappa shape index (κ1) is 20.6. The highest BCUT2D eigenvalue weighted by Gasteiger charge is 2.61. The number of hydrogen-bond acceptors (Lipinski definition) is 4. The lowest BCUT2D eigenvalue weighted by atomic mass is 9.65. The van der Waals surface area contributed by atoms with Gasteiger partial charge in [0.2, 0.25) is 0 Å². The van der Waals surface area contributed by atoms with E-state index < -0.39 is 24.9 Å². The fraction of sp³-hybridized carbons (Fsp3) is 0.619. The van der Waals surface area contributed by atoms with Gasteiger partial charge in [-0.25, -0.2) is 0 Å². The maximum atomic E-state index is 12.5. The normalized spacial score (nSPS) is 31.1. The average Bonchev–Trinajstić information content (AvgIpc) is 3.10. The number of rotatable bonds is 4. The van der Waals surface area contributed by atoms with Crippen molar-refractivity contribution < 1.29 is 22.6 Å². The van der Waals surface area contributed by atoms with E-state index in [1.54, 1.807) is 13.2 Å². The highest BCUT2D eigenvalue weighted by molar-refractivity contribution is 7.82. The number of aliphatic imine (C=N–C) groups is 1. The Morgan fingerprint density at radius 1 is 1.28 bits per heavy atom. The topological polar surface area (TPSA) is 42.9 Å². The summed E-state index contributed by atoms with van der Waals surface area (Å²) in [5.74, 6) is 0.433. The third-order valence-electron chi connectivity index (χ3n) is 6.60. The van der Waals surface area contributed by atoms with Gasteiger partial charge in [0, 0.05) is 18.1 Å². The van der Waals surface area contributed by atoms with Gasteiger partial charge in [0.1, 0.15) is 10.7 Å². The van der Waals surface area contributed by atoms with Crippen molar-refractivity contribution in [2.24, 2.45) is 10.4 Å². The summed E-state index contributed by atoms with van der Waals surface area (Å²) < 4.78 is 48.4. The van der Waals surface area contributed by atoms with Crippen molar-refractivity contribution in [3.8, 4) is 5.75 Å². The number of ether oxygens (including phenoxy) is 2. The zero-order valence-corrected chi connectivity index (χ0v) is 17.4. The van der Waals surface area contributed by atoms with Gasteiger partial charge < -0.3 is 14.8 Å². The second kappa shape index (κ2) is 7.23. The number of fused-ring (bicyclic) bond motifs is 3. The minimum Gasteiger partial charge on any atom is -0.493 e. The molecule has 29 heavy (non-hydrogen) atoms. The van der Waals surface area contributed by atoms with E-state index in [9.17, 15) is 13.2 Å². The van der Waals surface area contributed by atoms with Crippen molar-refractivity contribution in [1.82, 2.24) is 5.32 Å². The van der Waals surface area contributed by atoms with Gasteiger partial charge in [-0.05, 0) is 56.7 Å². The highest BCUT2D eigenvalue weighted by Crippen LogP contribution is 2.60. The maximum Gasteiger partial charge on any atom is 0.392 e. The number of hydrogen-bond donors (Lipinski definition) is 1. The van der Waals surface area contributed by atoms with Crippen molar-refractivity contribution in [3.63, 3.8) is 0 Å². The summed E-state index contributed by atoms with van der Waals surface area (Å²) in [6.45, 7) is 1.50. The number of nitrogens with zero attached hydrogens (tertiary/aromatic N) is 1. The number of thiocarbonyl (C=S) groups is 1. The van der Waals surface area contributed by atoms with E-state index in [-0.39, 0.29) is 11.5 Å². The Balaban J connectivity index is 1.67. The summed E-state index contributed by atoms with van der Waals surface area (Å²) in [5.41, 5.74) is 2.11. The molecule has 1 aromatic carbocycles. The highest BCUT2D eigenvalue weighted by atomic mass is 32.1. The van der Waals surface area contributed by atoms with E-state index >= 15 is 0 Å². The second-order valence-corrected chi connectivity index (χ2v) is 8.69. The molecule has 1 fully saturated rings. The average molecular weight is 427 g/mol. The fourth-order valence-corrected chi connectivity index (χ4v) is 5.27. The third-order valence-corrected chi connectivity index (χ3v) is 7.00. The lowest BCUT2D eigenvalue weighted by Gasteiger charge is -2.46. The molecule has 4 rings (SSSR count). The number of alkyl halides is 3. The number of benzene rings is 1. The van der Waals surface area contributed by atoms with Crippen LogP contribution in [0.15, 0.2) is 23.2 Å². The lowest BCUT2D eigenvalue weighted by molar-refractivity contribution is -0.139.